The average Bonchev–Trinajstić information content (AvgIpc) is 2.25. The summed E-state index contributed by atoms with van der Waals surface area (Å²) in [4.78, 5) is 6.60. The van der Waals surface area contributed by atoms with Gasteiger partial charge in [0, 0.05) is 18.8 Å². The first-order valence-electron chi connectivity index (χ1n) is 5.51. The van der Waals surface area contributed by atoms with E-state index >= 15 is 0 Å². The lowest BCUT2D eigenvalue weighted by Gasteiger charge is -2.20. The maximum atomic E-state index is 5.35. The molecule has 0 spiro atoms. The van der Waals surface area contributed by atoms with Crippen LogP contribution in [0.25, 0.3) is 0 Å². The zero-order valence-corrected chi connectivity index (χ0v) is 10.2. The van der Waals surface area contributed by atoms with E-state index in [0.29, 0.717) is 6.54 Å². The van der Waals surface area contributed by atoms with Gasteiger partial charge in [-0.2, -0.15) is 0 Å². The van der Waals surface area contributed by atoms with E-state index < -0.39 is 0 Å². The van der Waals surface area contributed by atoms with Crippen LogP contribution in [0.1, 0.15) is 18.2 Å². The second-order valence-electron chi connectivity index (χ2n) is 3.72. The number of nitrogens with zero attached hydrogens (tertiary/aromatic N) is 2. The van der Waals surface area contributed by atoms with Gasteiger partial charge in [0.05, 0.1) is 6.54 Å². The molecule has 0 aliphatic heterocycles. The lowest BCUT2D eigenvalue weighted by atomic mass is 10.2. The summed E-state index contributed by atoms with van der Waals surface area (Å²) in [6.07, 6.45) is 5.35. The third-order valence-electron chi connectivity index (χ3n) is 2.37. The number of anilines is 1. The minimum absolute atomic E-state index is 0.603. The van der Waals surface area contributed by atoms with Crippen molar-refractivity contribution in [3.05, 3.63) is 23.4 Å². The second-order valence-corrected chi connectivity index (χ2v) is 3.72. The minimum atomic E-state index is 0.603. The zero-order valence-electron chi connectivity index (χ0n) is 10.2. The summed E-state index contributed by atoms with van der Waals surface area (Å²) >= 11 is 0. The van der Waals surface area contributed by atoms with Crippen molar-refractivity contribution in [1.82, 2.24) is 10.3 Å². The molecule has 0 aromatic carbocycles. The zero-order chi connectivity index (χ0) is 12.0. The van der Waals surface area contributed by atoms with Crippen molar-refractivity contribution >= 4 is 5.82 Å². The number of rotatable bonds is 5. The van der Waals surface area contributed by atoms with Crippen molar-refractivity contribution in [3.63, 3.8) is 0 Å². The van der Waals surface area contributed by atoms with Gasteiger partial charge >= 0.3 is 0 Å². The Hall–Kier alpha value is -1.53. The van der Waals surface area contributed by atoms with Crippen molar-refractivity contribution in [2.24, 2.45) is 0 Å². The van der Waals surface area contributed by atoms with Gasteiger partial charge in [-0.05, 0) is 38.6 Å². The Morgan fingerprint density at radius 2 is 2.25 bits per heavy atom. The van der Waals surface area contributed by atoms with Crippen LogP contribution in [-0.4, -0.2) is 25.1 Å². The van der Waals surface area contributed by atoms with Crippen LogP contribution in [0.5, 0.6) is 0 Å². The Balaban J connectivity index is 2.98. The molecule has 0 radical (unpaired) electrons. The molecule has 86 valence electrons. The Morgan fingerprint density at radius 1 is 1.50 bits per heavy atom. The van der Waals surface area contributed by atoms with Crippen LogP contribution < -0.4 is 10.2 Å². The predicted molar refractivity (Wildman–Crippen MR) is 68.5 cm³/mol. The summed E-state index contributed by atoms with van der Waals surface area (Å²) in [5.41, 5.74) is 2.26. The molecular formula is C13H19N3. The molecule has 1 aromatic heterocycles. The van der Waals surface area contributed by atoms with E-state index in [1.165, 1.54) is 5.56 Å². The fourth-order valence-electron chi connectivity index (χ4n) is 1.65. The third-order valence-corrected chi connectivity index (χ3v) is 2.37. The van der Waals surface area contributed by atoms with Gasteiger partial charge in [0.1, 0.15) is 5.82 Å². The van der Waals surface area contributed by atoms with Gasteiger partial charge in [-0.3, -0.25) is 0 Å². The highest BCUT2D eigenvalue weighted by Crippen LogP contribution is 2.14. The summed E-state index contributed by atoms with van der Waals surface area (Å²) in [6, 6.07) is 4.17. The summed E-state index contributed by atoms with van der Waals surface area (Å²) in [5.74, 6) is 3.62. The minimum Gasteiger partial charge on any atom is -0.346 e. The number of hydrogen-bond donors (Lipinski definition) is 1. The van der Waals surface area contributed by atoms with Crippen molar-refractivity contribution < 1.29 is 0 Å². The molecule has 1 rings (SSSR count). The van der Waals surface area contributed by atoms with E-state index in [9.17, 15) is 0 Å². The quantitative estimate of drug-likeness (QED) is 0.759. The Morgan fingerprint density at radius 3 is 2.81 bits per heavy atom. The van der Waals surface area contributed by atoms with Crippen molar-refractivity contribution in [1.29, 1.82) is 0 Å². The molecule has 0 fully saturated rings. The topological polar surface area (TPSA) is 28.2 Å². The Bertz CT molecular complexity index is 379. The van der Waals surface area contributed by atoms with Crippen LogP contribution >= 0.6 is 0 Å². The van der Waals surface area contributed by atoms with Crippen LogP contribution in [0.2, 0.25) is 0 Å². The highest BCUT2D eigenvalue weighted by atomic mass is 15.2. The molecule has 16 heavy (non-hydrogen) atoms. The monoisotopic (exact) mass is 217 g/mol. The van der Waals surface area contributed by atoms with Crippen molar-refractivity contribution in [3.8, 4) is 12.3 Å². The van der Waals surface area contributed by atoms with Gasteiger partial charge < -0.3 is 10.2 Å². The van der Waals surface area contributed by atoms with E-state index in [1.807, 2.05) is 14.0 Å². The molecule has 0 unspecified atom stereocenters. The molecule has 1 N–H and O–H groups in total. The first kappa shape index (κ1) is 12.5. The summed E-state index contributed by atoms with van der Waals surface area (Å²) < 4.78 is 0. The lowest BCUT2D eigenvalue weighted by molar-refractivity contribution is 0.808. The molecular weight excluding hydrogens is 198 g/mol. The van der Waals surface area contributed by atoms with E-state index in [1.54, 1.807) is 0 Å². The molecule has 3 nitrogen and oxygen atoms in total. The molecule has 0 atom stereocenters. The molecule has 1 heterocycles. The van der Waals surface area contributed by atoms with E-state index in [4.69, 9.17) is 6.42 Å². The average molecular weight is 217 g/mol. The number of pyridine rings is 1. The summed E-state index contributed by atoms with van der Waals surface area (Å²) in [5, 5.41) is 3.14. The normalized spacial score (nSPS) is 9.88. The molecule has 0 saturated carbocycles. The van der Waals surface area contributed by atoms with E-state index in [-0.39, 0.29) is 0 Å². The van der Waals surface area contributed by atoms with Crippen LogP contribution in [-0.2, 0) is 6.54 Å². The molecule has 0 saturated heterocycles. The van der Waals surface area contributed by atoms with Gasteiger partial charge in [0.15, 0.2) is 0 Å². The number of aromatic nitrogens is 1. The second kappa shape index (κ2) is 6.14. The van der Waals surface area contributed by atoms with E-state index in [2.05, 4.69) is 40.2 Å². The maximum Gasteiger partial charge on any atom is 0.129 e. The van der Waals surface area contributed by atoms with Crippen LogP contribution in [0.15, 0.2) is 12.1 Å². The number of hydrogen-bond acceptors (Lipinski definition) is 3. The maximum absolute atomic E-state index is 5.35. The van der Waals surface area contributed by atoms with Gasteiger partial charge in [-0.25, -0.2) is 4.98 Å². The van der Waals surface area contributed by atoms with Crippen LogP contribution in [0, 0.1) is 19.3 Å². The Labute approximate surface area is 97.9 Å². The molecule has 0 bridgehead atoms. The van der Waals surface area contributed by atoms with Gasteiger partial charge in [-0.15, -0.1) is 6.42 Å². The summed E-state index contributed by atoms with van der Waals surface area (Å²) in [6.45, 7) is 6.42. The summed E-state index contributed by atoms with van der Waals surface area (Å²) in [7, 11) is 1.94. The standard InChI is InChI=1S/C13H19N3/c1-5-7-16(6-2)13-9-12(10-14-4)8-11(3)15-13/h1,8-9,14H,6-7,10H2,2-4H3. The molecule has 3 heteroatoms. The fourth-order valence-corrected chi connectivity index (χ4v) is 1.65. The SMILES string of the molecule is C#CCN(CC)c1cc(CNC)cc(C)n1. The number of aryl methyl sites for hydroxylation is 1. The number of nitrogens with one attached hydrogen (secondary N) is 1. The molecule has 0 aliphatic carbocycles. The molecule has 0 amide bonds. The smallest absolute Gasteiger partial charge is 0.129 e. The predicted octanol–water partition coefficient (Wildman–Crippen LogP) is 1.57. The van der Waals surface area contributed by atoms with Crippen LogP contribution in [0.3, 0.4) is 0 Å². The largest absolute Gasteiger partial charge is 0.346 e. The first-order chi connectivity index (χ1) is 7.71. The number of terminal acetylenes is 1. The first-order valence-corrected chi connectivity index (χ1v) is 5.51. The van der Waals surface area contributed by atoms with Crippen molar-refractivity contribution in [2.75, 3.05) is 25.0 Å². The highest BCUT2D eigenvalue weighted by molar-refractivity contribution is 5.43. The Kier molecular flexibility index (Phi) is 4.81. The third kappa shape index (κ3) is 3.25. The molecule has 0 aliphatic rings. The molecule has 1 aromatic rings. The highest BCUT2D eigenvalue weighted by Gasteiger charge is 2.06. The van der Waals surface area contributed by atoms with Gasteiger partial charge in [-0.1, -0.05) is 5.92 Å². The lowest BCUT2D eigenvalue weighted by Crippen LogP contribution is -2.24. The van der Waals surface area contributed by atoms with Crippen molar-refractivity contribution in [2.45, 2.75) is 20.4 Å². The van der Waals surface area contributed by atoms with Gasteiger partial charge in [0.2, 0.25) is 0 Å². The van der Waals surface area contributed by atoms with E-state index in [0.717, 1.165) is 24.6 Å². The van der Waals surface area contributed by atoms with Gasteiger partial charge in [0.25, 0.3) is 0 Å². The van der Waals surface area contributed by atoms with Crippen LogP contribution in [0.4, 0.5) is 5.82 Å². The fraction of sp³-hybridized carbons (Fsp3) is 0.462.